The first-order valence-corrected chi connectivity index (χ1v) is 4.27. The lowest BCUT2D eigenvalue weighted by Crippen LogP contribution is -2.31. The number of hydrogen-bond donors (Lipinski definition) is 1. The van der Waals surface area contributed by atoms with Crippen LogP contribution < -0.4 is 16.3 Å². The van der Waals surface area contributed by atoms with E-state index in [0.717, 1.165) is 10.4 Å². The van der Waals surface area contributed by atoms with Gasteiger partial charge >= 0.3 is 0 Å². The Bertz CT molecular complexity index is 405. The first-order valence-electron chi connectivity index (χ1n) is 4.27. The van der Waals surface area contributed by atoms with Crippen LogP contribution in [0.1, 0.15) is 11.1 Å². The molecule has 13 heavy (non-hydrogen) atoms. The van der Waals surface area contributed by atoms with Gasteiger partial charge in [-0.1, -0.05) is 18.7 Å². The third-order valence-electron chi connectivity index (χ3n) is 2.25. The first-order chi connectivity index (χ1) is 6.02. The highest BCUT2D eigenvalue weighted by molar-refractivity contribution is 5.33. The third-order valence-corrected chi connectivity index (χ3v) is 2.25. The molecular formula is C11H16N2. The molecule has 0 saturated heterocycles. The summed E-state index contributed by atoms with van der Waals surface area (Å²) in [5, 5.41) is 3.67. The molecule has 0 bridgehead atoms. The van der Waals surface area contributed by atoms with Crippen LogP contribution in [0.2, 0.25) is 0 Å². The topological polar surface area (TPSA) is 29.3 Å². The molecule has 0 aliphatic rings. The lowest BCUT2D eigenvalue weighted by Gasteiger charge is -2.05. The maximum Gasteiger partial charge on any atom is 0.0230 e. The predicted molar refractivity (Wildman–Crippen MR) is 57.1 cm³/mol. The van der Waals surface area contributed by atoms with Gasteiger partial charge in [-0.15, -0.1) is 0 Å². The van der Waals surface area contributed by atoms with Crippen LogP contribution in [-0.2, 0) is 0 Å². The monoisotopic (exact) mass is 176 g/mol. The highest BCUT2D eigenvalue weighted by atomic mass is 15.4. The standard InChI is InChI=1S/C11H16N2/c1-8-5-6-11(7-13(4)12)10(3)9(8)2/h5-7H,3,12H2,1-2,4H3/b11-7-. The number of rotatable bonds is 1. The smallest absolute Gasteiger partial charge is 0.0230 e. The molecule has 0 heterocycles. The summed E-state index contributed by atoms with van der Waals surface area (Å²) in [6.45, 7) is 8.18. The molecule has 1 aromatic carbocycles. The fourth-order valence-electron chi connectivity index (χ4n) is 1.24. The van der Waals surface area contributed by atoms with Crippen LogP contribution >= 0.6 is 0 Å². The van der Waals surface area contributed by atoms with Crippen LogP contribution in [0.4, 0.5) is 0 Å². The van der Waals surface area contributed by atoms with Crippen LogP contribution in [0.3, 0.4) is 0 Å². The fourth-order valence-corrected chi connectivity index (χ4v) is 1.24. The van der Waals surface area contributed by atoms with Crippen LogP contribution in [0.25, 0.3) is 12.8 Å². The van der Waals surface area contributed by atoms with Crippen LogP contribution in [0.15, 0.2) is 12.1 Å². The zero-order valence-electron chi connectivity index (χ0n) is 8.46. The summed E-state index contributed by atoms with van der Waals surface area (Å²) in [4.78, 5) is 0. The molecule has 0 fully saturated rings. The van der Waals surface area contributed by atoms with E-state index in [4.69, 9.17) is 5.84 Å². The van der Waals surface area contributed by atoms with Crippen LogP contribution in [0, 0.1) is 13.8 Å². The zero-order valence-corrected chi connectivity index (χ0v) is 8.46. The van der Waals surface area contributed by atoms with E-state index in [9.17, 15) is 0 Å². The highest BCUT2D eigenvalue weighted by Crippen LogP contribution is 1.95. The molecule has 0 aromatic heterocycles. The van der Waals surface area contributed by atoms with E-state index in [1.807, 2.05) is 12.3 Å². The fraction of sp³-hybridized carbons (Fsp3) is 0.273. The number of hydrazine groups is 1. The van der Waals surface area contributed by atoms with Crippen LogP contribution in [-0.4, -0.2) is 12.1 Å². The molecule has 2 nitrogen and oxygen atoms in total. The van der Waals surface area contributed by atoms with Crippen molar-refractivity contribution in [1.29, 1.82) is 0 Å². The first kappa shape index (κ1) is 9.81. The Morgan fingerprint density at radius 2 is 2.00 bits per heavy atom. The van der Waals surface area contributed by atoms with Gasteiger partial charge in [0.2, 0.25) is 0 Å². The van der Waals surface area contributed by atoms with E-state index < -0.39 is 0 Å². The molecule has 0 radical (unpaired) electrons. The van der Waals surface area contributed by atoms with Gasteiger partial charge in [-0.2, -0.15) is 0 Å². The molecule has 0 spiro atoms. The van der Waals surface area contributed by atoms with Crippen molar-refractivity contribution in [2.45, 2.75) is 13.8 Å². The van der Waals surface area contributed by atoms with Crippen molar-refractivity contribution >= 4 is 12.8 Å². The van der Waals surface area contributed by atoms with Gasteiger partial charge in [0.15, 0.2) is 0 Å². The molecule has 0 aliphatic heterocycles. The Hall–Kier alpha value is -1.28. The second-order valence-corrected chi connectivity index (χ2v) is 3.37. The van der Waals surface area contributed by atoms with E-state index in [2.05, 4.69) is 26.5 Å². The molecule has 0 unspecified atom stereocenters. The predicted octanol–water partition coefficient (Wildman–Crippen LogP) is 0.257. The van der Waals surface area contributed by atoms with Gasteiger partial charge in [-0.05, 0) is 35.4 Å². The molecule has 2 N–H and O–H groups in total. The van der Waals surface area contributed by atoms with Crippen molar-refractivity contribution in [1.82, 2.24) is 5.01 Å². The summed E-state index contributed by atoms with van der Waals surface area (Å²) < 4.78 is 0. The molecular weight excluding hydrogens is 160 g/mol. The third kappa shape index (κ3) is 2.10. The van der Waals surface area contributed by atoms with E-state index in [0.29, 0.717) is 0 Å². The SMILES string of the molecule is C=c1c(C)c(C)cc/c1=C/N(C)N. The lowest BCUT2D eigenvalue weighted by molar-refractivity contribution is 0.530. The summed E-state index contributed by atoms with van der Waals surface area (Å²) >= 11 is 0. The number of nitrogens with zero attached hydrogens (tertiary/aromatic N) is 1. The molecule has 70 valence electrons. The number of hydrogen-bond acceptors (Lipinski definition) is 2. The van der Waals surface area contributed by atoms with Gasteiger partial charge in [0.25, 0.3) is 0 Å². The number of aryl methyl sites for hydroxylation is 1. The summed E-state index contributed by atoms with van der Waals surface area (Å²) in [6, 6.07) is 4.12. The van der Waals surface area contributed by atoms with Crippen LogP contribution in [0.5, 0.6) is 0 Å². The van der Waals surface area contributed by atoms with E-state index >= 15 is 0 Å². The maximum atomic E-state index is 5.53. The largest absolute Gasteiger partial charge is 0.321 e. The van der Waals surface area contributed by atoms with Gasteiger partial charge in [0.1, 0.15) is 0 Å². The molecule has 1 rings (SSSR count). The molecule has 0 saturated carbocycles. The van der Waals surface area contributed by atoms with E-state index in [1.54, 1.807) is 12.1 Å². The molecule has 2 heteroatoms. The average molecular weight is 176 g/mol. The van der Waals surface area contributed by atoms with Crippen molar-refractivity contribution in [2.75, 3.05) is 7.05 Å². The van der Waals surface area contributed by atoms with Gasteiger partial charge in [0.05, 0.1) is 0 Å². The second kappa shape index (κ2) is 3.62. The Kier molecular flexibility index (Phi) is 2.73. The van der Waals surface area contributed by atoms with Crippen molar-refractivity contribution in [2.24, 2.45) is 5.84 Å². The number of benzene rings is 1. The van der Waals surface area contributed by atoms with Gasteiger partial charge in [-0.3, -0.25) is 0 Å². The van der Waals surface area contributed by atoms with E-state index in [1.165, 1.54) is 11.1 Å². The second-order valence-electron chi connectivity index (χ2n) is 3.37. The Morgan fingerprint density at radius 3 is 2.54 bits per heavy atom. The Morgan fingerprint density at radius 1 is 1.38 bits per heavy atom. The van der Waals surface area contributed by atoms with Gasteiger partial charge in [0, 0.05) is 13.2 Å². The lowest BCUT2D eigenvalue weighted by atomic mass is 10.1. The molecule has 0 atom stereocenters. The number of nitrogens with two attached hydrogens (primary N) is 1. The van der Waals surface area contributed by atoms with E-state index in [-0.39, 0.29) is 0 Å². The van der Waals surface area contributed by atoms with Gasteiger partial charge < -0.3 is 5.01 Å². The normalized spacial score (nSPS) is 11.8. The summed E-state index contributed by atoms with van der Waals surface area (Å²) in [5.41, 5.74) is 2.50. The minimum Gasteiger partial charge on any atom is -0.321 e. The van der Waals surface area contributed by atoms with Crippen molar-refractivity contribution in [3.63, 3.8) is 0 Å². The zero-order chi connectivity index (χ0) is 10.0. The minimum atomic E-state index is 1.05. The quantitative estimate of drug-likeness (QED) is 0.491. The Balaban J connectivity index is 3.44. The van der Waals surface area contributed by atoms with Crippen molar-refractivity contribution in [3.05, 3.63) is 33.7 Å². The highest BCUT2D eigenvalue weighted by Gasteiger charge is 1.93. The molecule has 0 aliphatic carbocycles. The maximum absolute atomic E-state index is 5.53. The molecule has 0 amide bonds. The summed E-state index contributed by atoms with van der Waals surface area (Å²) in [7, 11) is 1.80. The minimum absolute atomic E-state index is 1.05. The van der Waals surface area contributed by atoms with Gasteiger partial charge in [-0.25, -0.2) is 5.84 Å². The Labute approximate surface area is 78.9 Å². The summed E-state index contributed by atoms with van der Waals surface area (Å²) in [5.74, 6) is 5.53. The van der Waals surface area contributed by atoms with Crippen molar-refractivity contribution in [3.8, 4) is 0 Å². The molecule has 1 aromatic rings. The summed E-state index contributed by atoms with van der Waals surface area (Å²) in [6.07, 6.45) is 1.87. The van der Waals surface area contributed by atoms with Crippen molar-refractivity contribution < 1.29 is 0 Å². The average Bonchev–Trinajstić information content (AvgIpc) is 2.06.